The number of nitrogens with zero attached hydrogens (tertiary/aromatic N) is 3. The van der Waals surface area contributed by atoms with Crippen LogP contribution in [0.5, 0.6) is 5.75 Å². The molecule has 5 nitrogen and oxygen atoms in total. The molecule has 0 spiro atoms. The summed E-state index contributed by atoms with van der Waals surface area (Å²) in [5.41, 5.74) is 5.44. The molecule has 44 heavy (non-hydrogen) atoms. The molecule has 2 aromatic heterocycles. The molecule has 5 aromatic rings. The zero-order valence-electron chi connectivity index (χ0n) is 27.1. The number of imidazole rings is 1. The molecule has 0 saturated heterocycles. The average molecular weight is 671 g/mol. The number of aliphatic hydroxyl groups is 1. The summed E-state index contributed by atoms with van der Waals surface area (Å²) in [6.45, 7) is 16.0. The normalized spacial score (nSPS) is 13.7. The molecular formula is C37H44BrN3O2Si. The third-order valence-corrected chi connectivity index (χ3v) is 16.1. The predicted molar refractivity (Wildman–Crippen MR) is 188 cm³/mol. The van der Waals surface area contributed by atoms with E-state index in [1.165, 1.54) is 0 Å². The van der Waals surface area contributed by atoms with Gasteiger partial charge in [-0.25, -0.2) is 4.98 Å². The first kappa shape index (κ1) is 32.1. The van der Waals surface area contributed by atoms with Gasteiger partial charge in [-0.1, -0.05) is 101 Å². The van der Waals surface area contributed by atoms with Gasteiger partial charge in [-0.2, -0.15) is 0 Å². The quantitative estimate of drug-likeness (QED) is 0.150. The van der Waals surface area contributed by atoms with Gasteiger partial charge < -0.3 is 14.1 Å². The lowest BCUT2D eigenvalue weighted by Crippen LogP contribution is -2.50. The maximum atomic E-state index is 12.7. The molecule has 1 atom stereocenters. The molecule has 0 aliphatic rings. The smallest absolute Gasteiger partial charge is 0.258 e. The Kier molecular flexibility index (Phi) is 9.22. The fourth-order valence-corrected chi connectivity index (χ4v) is 12.9. The summed E-state index contributed by atoms with van der Waals surface area (Å²) in [5.74, 6) is 0.909. The van der Waals surface area contributed by atoms with Gasteiger partial charge in [0, 0.05) is 34.9 Å². The van der Waals surface area contributed by atoms with Crippen molar-refractivity contribution in [3.8, 4) is 16.9 Å². The molecular weight excluding hydrogens is 626 g/mol. The van der Waals surface area contributed by atoms with Crippen molar-refractivity contribution < 1.29 is 9.53 Å². The number of halogens is 1. The van der Waals surface area contributed by atoms with E-state index in [4.69, 9.17) is 4.43 Å². The second kappa shape index (κ2) is 12.6. The van der Waals surface area contributed by atoms with Crippen LogP contribution >= 0.6 is 15.9 Å². The van der Waals surface area contributed by atoms with Crippen LogP contribution in [-0.4, -0.2) is 28.0 Å². The van der Waals surface area contributed by atoms with Gasteiger partial charge >= 0.3 is 0 Å². The highest BCUT2D eigenvalue weighted by atomic mass is 79.9. The van der Waals surface area contributed by atoms with Gasteiger partial charge in [0.25, 0.3) is 8.32 Å². The van der Waals surface area contributed by atoms with E-state index < -0.39 is 13.9 Å². The van der Waals surface area contributed by atoms with E-state index in [9.17, 15) is 5.11 Å². The second-order valence-corrected chi connectivity index (χ2v) is 19.1. The number of pyridine rings is 1. The number of benzene rings is 3. The van der Waals surface area contributed by atoms with Crippen molar-refractivity contribution in [1.82, 2.24) is 14.5 Å². The average Bonchev–Trinajstić information content (AvgIpc) is 3.44. The van der Waals surface area contributed by atoms with E-state index in [0.29, 0.717) is 22.3 Å². The molecule has 0 aliphatic carbocycles. The lowest BCUT2D eigenvalue weighted by molar-refractivity contribution is 0.117. The molecule has 0 amide bonds. The Morgan fingerprint density at radius 3 is 2.18 bits per heavy atom. The van der Waals surface area contributed by atoms with Crippen molar-refractivity contribution >= 4 is 35.0 Å². The van der Waals surface area contributed by atoms with Crippen molar-refractivity contribution in [2.24, 2.45) is 7.05 Å². The molecule has 0 fully saturated rings. The van der Waals surface area contributed by atoms with Crippen molar-refractivity contribution in [3.05, 3.63) is 112 Å². The number of fused-ring (bicyclic) bond motifs is 1. The molecule has 3 aromatic carbocycles. The first-order valence-corrected chi connectivity index (χ1v) is 18.5. The number of aromatic nitrogens is 3. The summed E-state index contributed by atoms with van der Waals surface area (Å²) < 4.78 is 9.98. The minimum atomic E-state index is -2.13. The molecule has 230 valence electrons. The Hall–Kier alpha value is -3.26. The first-order valence-electron chi connectivity index (χ1n) is 15.6. The summed E-state index contributed by atoms with van der Waals surface area (Å²) in [6, 6.07) is 20.7. The molecule has 0 radical (unpaired) electrons. The fourth-order valence-electron chi connectivity index (χ4n) is 7.14. The first-order chi connectivity index (χ1) is 20.9. The molecule has 5 rings (SSSR count). The van der Waals surface area contributed by atoms with Crippen molar-refractivity contribution in [1.29, 1.82) is 0 Å². The maximum Gasteiger partial charge on any atom is 0.258 e. The summed E-state index contributed by atoms with van der Waals surface area (Å²) in [5, 5.41) is 14.8. The van der Waals surface area contributed by atoms with E-state index in [1.807, 2.05) is 42.2 Å². The van der Waals surface area contributed by atoms with E-state index >= 15 is 0 Å². The third-order valence-electron chi connectivity index (χ3n) is 9.36. The third kappa shape index (κ3) is 5.55. The summed E-state index contributed by atoms with van der Waals surface area (Å²) in [4.78, 5) is 8.99. The largest absolute Gasteiger partial charge is 0.543 e. The van der Waals surface area contributed by atoms with Gasteiger partial charge in [-0.05, 0) is 74.9 Å². The Morgan fingerprint density at radius 2 is 1.55 bits per heavy atom. The van der Waals surface area contributed by atoms with Crippen LogP contribution < -0.4 is 4.43 Å². The zero-order chi connectivity index (χ0) is 31.8. The Labute approximate surface area is 271 Å². The van der Waals surface area contributed by atoms with Crippen LogP contribution in [0.2, 0.25) is 16.6 Å². The molecule has 7 heteroatoms. The van der Waals surface area contributed by atoms with Crippen molar-refractivity contribution in [3.63, 3.8) is 0 Å². The van der Waals surface area contributed by atoms with Gasteiger partial charge in [0.2, 0.25) is 0 Å². The molecule has 1 N–H and O–H groups in total. The van der Waals surface area contributed by atoms with E-state index in [-0.39, 0.29) is 0 Å². The Bertz CT molecular complexity index is 1760. The van der Waals surface area contributed by atoms with Crippen LogP contribution in [0.25, 0.3) is 21.9 Å². The van der Waals surface area contributed by atoms with E-state index in [2.05, 4.69) is 117 Å². The van der Waals surface area contributed by atoms with E-state index in [1.54, 1.807) is 12.5 Å². The molecule has 0 aliphatic heterocycles. The molecule has 2 heterocycles. The lowest BCUT2D eigenvalue weighted by Gasteiger charge is -2.42. The zero-order valence-corrected chi connectivity index (χ0v) is 29.7. The van der Waals surface area contributed by atoms with Crippen LogP contribution in [0.4, 0.5) is 0 Å². The number of hydrogen-bond acceptors (Lipinski definition) is 4. The van der Waals surface area contributed by atoms with Crippen molar-refractivity contribution in [2.75, 3.05) is 0 Å². The SMILES string of the molecule is CCc1cc(C(O)(c2ccc3cncc(-c4cccc(O[Si](C(C)C)(C(C)C)C(C)C)c4)c3c2)c2cncn2C)ccc1Br. The molecule has 1 unspecified atom stereocenters. The van der Waals surface area contributed by atoms with Gasteiger partial charge in [0.15, 0.2) is 5.60 Å². The van der Waals surface area contributed by atoms with Gasteiger partial charge in [0.1, 0.15) is 5.75 Å². The standard InChI is InChI=1S/C37H44BrN3O2Si/c1-9-27-17-30(15-16-35(27)38)37(42,36-22-40-23-41(36)8)31-14-13-29-20-39-21-34(33(29)19-31)28-11-10-12-32(18-28)43-44(24(2)3,25(4)5)26(6)7/h10-26,42H,9H2,1-8H3. The minimum absolute atomic E-state index is 0.476. The van der Waals surface area contributed by atoms with Crippen molar-refractivity contribution in [2.45, 2.75) is 77.1 Å². The van der Waals surface area contributed by atoms with Crippen LogP contribution in [0.1, 0.15) is 70.9 Å². The van der Waals surface area contributed by atoms with Gasteiger partial charge in [0.05, 0.1) is 18.2 Å². The molecule has 0 saturated carbocycles. The highest BCUT2D eigenvalue weighted by Crippen LogP contribution is 2.44. The summed E-state index contributed by atoms with van der Waals surface area (Å²) >= 11 is 3.68. The minimum Gasteiger partial charge on any atom is -0.543 e. The highest BCUT2D eigenvalue weighted by molar-refractivity contribution is 9.10. The van der Waals surface area contributed by atoms with Crippen LogP contribution in [-0.2, 0) is 19.1 Å². The summed E-state index contributed by atoms with van der Waals surface area (Å²) in [6.07, 6.45) is 8.13. The Morgan fingerprint density at radius 1 is 0.864 bits per heavy atom. The number of hydrogen-bond donors (Lipinski definition) is 1. The van der Waals surface area contributed by atoms with Crippen LogP contribution in [0.15, 0.2) is 90.1 Å². The predicted octanol–water partition coefficient (Wildman–Crippen LogP) is 9.80. The summed E-state index contributed by atoms with van der Waals surface area (Å²) in [7, 11) is -0.206. The number of aryl methyl sites for hydroxylation is 2. The van der Waals surface area contributed by atoms with Crippen LogP contribution in [0, 0.1) is 0 Å². The van der Waals surface area contributed by atoms with Gasteiger partial charge in [-0.3, -0.25) is 4.98 Å². The monoisotopic (exact) mass is 669 g/mol. The maximum absolute atomic E-state index is 12.7. The lowest BCUT2D eigenvalue weighted by atomic mass is 9.81. The Balaban J connectivity index is 1.68. The fraction of sp³-hybridized carbons (Fsp3) is 0.351. The highest BCUT2D eigenvalue weighted by Gasteiger charge is 2.47. The second-order valence-electron chi connectivity index (χ2n) is 12.8. The topological polar surface area (TPSA) is 60.2 Å². The van der Waals surface area contributed by atoms with Gasteiger partial charge in [-0.15, -0.1) is 0 Å². The molecule has 0 bridgehead atoms. The van der Waals surface area contributed by atoms with Crippen LogP contribution in [0.3, 0.4) is 0 Å². The van der Waals surface area contributed by atoms with E-state index in [0.717, 1.165) is 55.2 Å². The number of rotatable bonds is 10.